The Bertz CT molecular complexity index is 780. The molecular formula is C19H19BrN2O2. The molecule has 0 fully saturated rings. The zero-order valence-corrected chi connectivity index (χ0v) is 15.4. The Balaban J connectivity index is 2.00. The van der Waals surface area contributed by atoms with E-state index in [0.29, 0.717) is 5.56 Å². The predicted molar refractivity (Wildman–Crippen MR) is 101 cm³/mol. The molecule has 0 unspecified atom stereocenters. The van der Waals surface area contributed by atoms with Gasteiger partial charge in [-0.05, 0) is 54.5 Å². The highest BCUT2D eigenvalue weighted by molar-refractivity contribution is 9.10. The Labute approximate surface area is 150 Å². The van der Waals surface area contributed by atoms with Gasteiger partial charge in [0, 0.05) is 35.9 Å². The summed E-state index contributed by atoms with van der Waals surface area (Å²) in [5.41, 5.74) is 3.27. The molecule has 0 radical (unpaired) electrons. The first-order valence-corrected chi connectivity index (χ1v) is 8.23. The van der Waals surface area contributed by atoms with Gasteiger partial charge in [-0.3, -0.25) is 9.59 Å². The normalized spacial score (nSPS) is 10.7. The van der Waals surface area contributed by atoms with E-state index in [1.165, 1.54) is 11.0 Å². The Kier molecular flexibility index (Phi) is 5.93. The van der Waals surface area contributed by atoms with E-state index in [1.807, 2.05) is 37.3 Å². The maximum atomic E-state index is 12.0. The highest BCUT2D eigenvalue weighted by Gasteiger charge is 2.06. The molecule has 0 aromatic heterocycles. The van der Waals surface area contributed by atoms with Crippen LogP contribution in [0, 0.1) is 6.92 Å². The average Bonchev–Trinajstić information content (AvgIpc) is 2.56. The molecule has 2 rings (SSSR count). The first-order chi connectivity index (χ1) is 11.4. The Hall–Kier alpha value is -2.40. The summed E-state index contributed by atoms with van der Waals surface area (Å²) in [5, 5.41) is 2.82. The SMILES string of the molecule is Cc1cc(NC(=O)/C=C/c2ccc(C(=O)N(C)C)cc2)ccc1Br. The van der Waals surface area contributed by atoms with Crippen molar-refractivity contribution in [1.29, 1.82) is 0 Å². The fraction of sp³-hybridized carbons (Fsp3) is 0.158. The van der Waals surface area contributed by atoms with Gasteiger partial charge in [-0.15, -0.1) is 0 Å². The second-order valence-corrected chi connectivity index (χ2v) is 6.46. The molecule has 0 aliphatic carbocycles. The van der Waals surface area contributed by atoms with Gasteiger partial charge in [0.2, 0.25) is 5.91 Å². The summed E-state index contributed by atoms with van der Waals surface area (Å²) in [5.74, 6) is -0.251. The lowest BCUT2D eigenvalue weighted by Gasteiger charge is -2.09. The number of rotatable bonds is 4. The number of amides is 2. The van der Waals surface area contributed by atoms with Crippen molar-refractivity contribution in [2.45, 2.75) is 6.92 Å². The molecule has 4 nitrogen and oxygen atoms in total. The zero-order chi connectivity index (χ0) is 17.7. The van der Waals surface area contributed by atoms with E-state index < -0.39 is 0 Å². The lowest BCUT2D eigenvalue weighted by atomic mass is 10.1. The molecule has 0 aliphatic heterocycles. The zero-order valence-electron chi connectivity index (χ0n) is 13.8. The number of nitrogens with one attached hydrogen (secondary N) is 1. The van der Waals surface area contributed by atoms with E-state index in [9.17, 15) is 9.59 Å². The van der Waals surface area contributed by atoms with E-state index >= 15 is 0 Å². The quantitative estimate of drug-likeness (QED) is 0.803. The number of hydrogen-bond acceptors (Lipinski definition) is 2. The van der Waals surface area contributed by atoms with E-state index in [0.717, 1.165) is 21.3 Å². The summed E-state index contributed by atoms with van der Waals surface area (Å²) < 4.78 is 1.00. The van der Waals surface area contributed by atoms with Crippen LogP contribution in [0.25, 0.3) is 6.08 Å². The number of aryl methyl sites for hydroxylation is 1. The van der Waals surface area contributed by atoms with Crippen LogP contribution in [-0.2, 0) is 4.79 Å². The van der Waals surface area contributed by atoms with E-state index in [-0.39, 0.29) is 11.8 Å². The predicted octanol–water partition coefficient (Wildman–Crippen LogP) is 4.11. The molecular weight excluding hydrogens is 368 g/mol. The van der Waals surface area contributed by atoms with Crippen molar-refractivity contribution in [2.24, 2.45) is 0 Å². The molecule has 2 aromatic rings. The van der Waals surface area contributed by atoms with Crippen LogP contribution in [0.1, 0.15) is 21.5 Å². The Morgan fingerprint density at radius 1 is 1.08 bits per heavy atom. The van der Waals surface area contributed by atoms with Crippen LogP contribution in [-0.4, -0.2) is 30.8 Å². The average molecular weight is 387 g/mol. The van der Waals surface area contributed by atoms with Crippen LogP contribution in [0.5, 0.6) is 0 Å². The highest BCUT2D eigenvalue weighted by atomic mass is 79.9. The van der Waals surface area contributed by atoms with Crippen LogP contribution in [0.15, 0.2) is 53.0 Å². The fourth-order valence-corrected chi connectivity index (χ4v) is 2.32. The van der Waals surface area contributed by atoms with Gasteiger partial charge in [-0.25, -0.2) is 0 Å². The molecule has 0 aliphatic rings. The second kappa shape index (κ2) is 7.93. The molecule has 1 N–H and O–H groups in total. The van der Waals surface area contributed by atoms with Crippen molar-refractivity contribution in [1.82, 2.24) is 4.90 Å². The van der Waals surface area contributed by atoms with Crippen LogP contribution < -0.4 is 5.32 Å². The molecule has 0 atom stereocenters. The van der Waals surface area contributed by atoms with E-state index in [4.69, 9.17) is 0 Å². The lowest BCUT2D eigenvalue weighted by molar-refractivity contribution is -0.111. The molecule has 2 aromatic carbocycles. The van der Waals surface area contributed by atoms with Gasteiger partial charge in [0.15, 0.2) is 0 Å². The Morgan fingerprint density at radius 3 is 2.33 bits per heavy atom. The number of benzene rings is 2. The maximum absolute atomic E-state index is 12.0. The van der Waals surface area contributed by atoms with E-state index in [1.54, 1.807) is 32.3 Å². The third kappa shape index (κ3) is 4.80. The first kappa shape index (κ1) is 17.9. The third-order valence-corrected chi connectivity index (χ3v) is 4.31. The van der Waals surface area contributed by atoms with Crippen LogP contribution in [0.4, 0.5) is 5.69 Å². The first-order valence-electron chi connectivity index (χ1n) is 7.44. The van der Waals surface area contributed by atoms with Gasteiger partial charge in [-0.2, -0.15) is 0 Å². The van der Waals surface area contributed by atoms with Gasteiger partial charge in [0.25, 0.3) is 5.91 Å². The number of anilines is 1. The standard InChI is InChI=1S/C19H19BrN2O2/c1-13-12-16(9-10-17(13)20)21-18(23)11-6-14-4-7-15(8-5-14)19(24)22(2)3/h4-12H,1-3H3,(H,21,23)/b11-6+. The highest BCUT2D eigenvalue weighted by Crippen LogP contribution is 2.20. The number of carbonyl (C=O) groups excluding carboxylic acids is 2. The second-order valence-electron chi connectivity index (χ2n) is 5.61. The van der Waals surface area contributed by atoms with Crippen molar-refractivity contribution in [2.75, 3.05) is 19.4 Å². The summed E-state index contributed by atoms with van der Waals surface area (Å²) in [6.07, 6.45) is 3.19. The minimum atomic E-state index is -0.204. The van der Waals surface area contributed by atoms with Gasteiger partial charge in [-0.1, -0.05) is 28.1 Å². The van der Waals surface area contributed by atoms with Crippen LogP contribution in [0.3, 0.4) is 0 Å². The third-order valence-electron chi connectivity index (χ3n) is 3.42. The van der Waals surface area contributed by atoms with Crippen molar-refractivity contribution < 1.29 is 9.59 Å². The molecule has 24 heavy (non-hydrogen) atoms. The summed E-state index contributed by atoms with van der Waals surface area (Å²) >= 11 is 3.43. The number of hydrogen-bond donors (Lipinski definition) is 1. The summed E-state index contributed by atoms with van der Waals surface area (Å²) in [6.45, 7) is 1.96. The van der Waals surface area contributed by atoms with Gasteiger partial charge >= 0.3 is 0 Å². The van der Waals surface area contributed by atoms with Crippen LogP contribution in [0.2, 0.25) is 0 Å². The van der Waals surface area contributed by atoms with Crippen molar-refractivity contribution >= 4 is 39.5 Å². The van der Waals surface area contributed by atoms with Gasteiger partial charge < -0.3 is 10.2 Å². The molecule has 0 saturated carbocycles. The monoisotopic (exact) mass is 386 g/mol. The number of carbonyl (C=O) groups is 2. The maximum Gasteiger partial charge on any atom is 0.253 e. The molecule has 124 valence electrons. The largest absolute Gasteiger partial charge is 0.345 e. The van der Waals surface area contributed by atoms with Gasteiger partial charge in [0.1, 0.15) is 0 Å². The Morgan fingerprint density at radius 2 is 1.75 bits per heavy atom. The fourth-order valence-electron chi connectivity index (χ4n) is 2.07. The minimum absolute atomic E-state index is 0.0473. The molecule has 0 spiro atoms. The van der Waals surface area contributed by atoms with Crippen molar-refractivity contribution in [3.05, 3.63) is 69.7 Å². The lowest BCUT2D eigenvalue weighted by Crippen LogP contribution is -2.21. The van der Waals surface area contributed by atoms with Crippen molar-refractivity contribution in [3.63, 3.8) is 0 Å². The summed E-state index contributed by atoms with van der Waals surface area (Å²) in [4.78, 5) is 25.3. The number of nitrogens with zero attached hydrogens (tertiary/aromatic N) is 1. The number of halogens is 1. The van der Waals surface area contributed by atoms with E-state index in [2.05, 4.69) is 21.2 Å². The smallest absolute Gasteiger partial charge is 0.253 e. The topological polar surface area (TPSA) is 49.4 Å². The van der Waals surface area contributed by atoms with Crippen LogP contribution >= 0.6 is 15.9 Å². The molecule has 0 saturated heterocycles. The minimum Gasteiger partial charge on any atom is -0.345 e. The molecule has 5 heteroatoms. The molecule has 2 amide bonds. The molecule has 0 bridgehead atoms. The summed E-state index contributed by atoms with van der Waals surface area (Å²) in [7, 11) is 3.43. The van der Waals surface area contributed by atoms with Gasteiger partial charge in [0.05, 0.1) is 0 Å². The van der Waals surface area contributed by atoms with Crippen molar-refractivity contribution in [3.8, 4) is 0 Å². The molecule has 0 heterocycles. The summed E-state index contributed by atoms with van der Waals surface area (Å²) in [6, 6.07) is 12.8.